The van der Waals surface area contributed by atoms with Gasteiger partial charge in [-0.25, -0.2) is 0 Å². The molecule has 0 aliphatic carbocycles. The molecular weight excluding hydrogens is 881 g/mol. The number of para-hydroxylation sites is 1. The summed E-state index contributed by atoms with van der Waals surface area (Å²) in [7, 11) is -1.44. The number of hydrogen-bond acceptors (Lipinski definition) is 4. The number of pyridine rings is 2. The molecule has 9 rings (SSSR count). The van der Waals surface area contributed by atoms with Gasteiger partial charge >= 0.3 is 0 Å². The van der Waals surface area contributed by atoms with E-state index in [9.17, 15) is 0 Å². The predicted octanol–water partition coefficient (Wildman–Crippen LogP) is 13.3. The van der Waals surface area contributed by atoms with Crippen LogP contribution in [-0.2, 0) is 26.5 Å². The Morgan fingerprint density at radius 3 is 2.30 bits per heavy atom. The van der Waals surface area contributed by atoms with Crippen molar-refractivity contribution in [1.29, 1.82) is 0 Å². The minimum Gasteiger partial charge on any atom is -0.501 e. The van der Waals surface area contributed by atoms with Crippen molar-refractivity contribution in [3.8, 4) is 33.6 Å². The van der Waals surface area contributed by atoms with Crippen LogP contribution in [0.2, 0.25) is 19.6 Å². The van der Waals surface area contributed by atoms with E-state index >= 15 is 0 Å². The topological polar surface area (TPSA) is 52.1 Å². The second-order valence-electron chi connectivity index (χ2n) is 15.8. The van der Waals surface area contributed by atoms with Gasteiger partial charge in [-0.2, -0.15) is 0 Å². The molecule has 0 fully saturated rings. The summed E-state index contributed by atoms with van der Waals surface area (Å²) in [4.78, 5) is 9.08. The van der Waals surface area contributed by atoms with E-state index in [0.29, 0.717) is 66.4 Å². The fourth-order valence-electron chi connectivity index (χ4n) is 6.84. The first kappa shape index (κ1) is 30.1. The van der Waals surface area contributed by atoms with E-state index in [1.807, 2.05) is 99.8 Å². The van der Waals surface area contributed by atoms with Crippen LogP contribution in [0, 0.1) is 31.3 Å². The molecule has 4 heterocycles. The van der Waals surface area contributed by atoms with Crippen molar-refractivity contribution < 1.29 is 39.9 Å². The fourth-order valence-corrected chi connectivity index (χ4v) is 7.88. The molecule has 283 valence electrons. The average Bonchev–Trinajstić information content (AvgIpc) is 3.81. The van der Waals surface area contributed by atoms with Crippen molar-refractivity contribution in [2.24, 2.45) is 5.41 Å². The maximum absolute atomic E-state index is 8.61. The summed E-state index contributed by atoms with van der Waals surface area (Å²) in [5, 5.41) is 3.91. The molecular formula is C50H46IrN2O2Si-2. The van der Waals surface area contributed by atoms with Crippen molar-refractivity contribution in [2.45, 2.75) is 60.5 Å². The summed E-state index contributed by atoms with van der Waals surface area (Å²) < 4.78 is 78.0. The van der Waals surface area contributed by atoms with E-state index in [-0.39, 0.29) is 31.2 Å². The summed E-state index contributed by atoms with van der Waals surface area (Å²) >= 11 is 0. The Hall–Kier alpha value is -5.13. The first-order valence-electron chi connectivity index (χ1n) is 22.3. The van der Waals surface area contributed by atoms with Crippen LogP contribution in [0.25, 0.3) is 77.5 Å². The Morgan fingerprint density at radius 2 is 1.57 bits per heavy atom. The smallest absolute Gasteiger partial charge is 0.124 e. The average molecular weight is 935 g/mol. The number of hydrogen-bond donors (Lipinski definition) is 0. The van der Waals surface area contributed by atoms with Crippen LogP contribution in [0.4, 0.5) is 0 Å². The fraction of sp³-hybridized carbons (Fsp3) is 0.200. The van der Waals surface area contributed by atoms with Gasteiger partial charge in [-0.3, -0.25) is 0 Å². The van der Waals surface area contributed by atoms with Crippen LogP contribution in [0.1, 0.15) is 48.4 Å². The number of rotatable bonds is 5. The van der Waals surface area contributed by atoms with Crippen molar-refractivity contribution in [3.05, 3.63) is 150 Å². The van der Waals surface area contributed by atoms with Crippen molar-refractivity contribution in [3.63, 3.8) is 0 Å². The van der Waals surface area contributed by atoms with Crippen LogP contribution in [-0.4, -0.2) is 18.0 Å². The standard InChI is InChI=1S/C29H26NO.C21H20NOSi.Ir/c1-19-23(21-8-6-5-7-9-21)12-13-26-28(19)24-11-10-22(17-27(24)31-26)25-16-20(14-15-30-25)18-29(2,3)4;1-14-9-11-16(18-12-10-15(13-22-18)24(2,3)4)21-20(14)17-7-5-6-8-19(17)23-21;/h5-16H,18H2,1-4H3;5-10,12-13H,1-4H3;/q2*-1;/i1D3,18D2;1D3;. The number of furan rings is 2. The molecule has 0 N–H and O–H groups in total. The summed E-state index contributed by atoms with van der Waals surface area (Å²) in [6.07, 6.45) is 1.96. The van der Waals surface area contributed by atoms with Crippen LogP contribution >= 0.6 is 0 Å². The van der Waals surface area contributed by atoms with E-state index in [1.165, 1.54) is 5.19 Å². The largest absolute Gasteiger partial charge is 0.501 e. The molecule has 5 aromatic carbocycles. The molecule has 0 bridgehead atoms. The molecule has 0 amide bonds. The SMILES string of the molecule is [2H]C([2H])([2H])c1c(-c2ccccc2)ccc2oc3[c-]c(-c4cc(C([2H])([2H])C(C)(C)C)ccn4)ccc3c12.[2H]C([2H])([2H])c1c[c-]c(-c2ccc([Si](C)(C)C)cn2)c2oc3ccccc3c12.[Ir]. The number of aromatic nitrogens is 2. The van der Waals surface area contributed by atoms with E-state index in [1.54, 1.807) is 36.5 Å². The van der Waals surface area contributed by atoms with E-state index in [0.717, 1.165) is 16.6 Å². The molecule has 0 spiro atoms. The Bertz CT molecular complexity index is 3150. The molecule has 0 unspecified atom stereocenters. The second kappa shape index (κ2) is 15.4. The van der Waals surface area contributed by atoms with Gasteiger partial charge in [0, 0.05) is 48.9 Å². The number of fused-ring (bicyclic) bond motifs is 6. The first-order chi connectivity index (χ1) is 29.5. The zero-order chi connectivity index (χ0) is 45.3. The normalized spacial score (nSPS) is 14.7. The van der Waals surface area contributed by atoms with Crippen molar-refractivity contribution in [1.82, 2.24) is 9.97 Å². The number of aryl methyl sites for hydroxylation is 2. The minimum absolute atomic E-state index is 0. The molecule has 9 aromatic rings. The molecule has 0 saturated heterocycles. The van der Waals surface area contributed by atoms with Gasteiger partial charge < -0.3 is 18.8 Å². The third-order valence-electron chi connectivity index (χ3n) is 9.54. The van der Waals surface area contributed by atoms with Gasteiger partial charge in [0.2, 0.25) is 0 Å². The molecule has 1 radical (unpaired) electrons. The molecule has 0 aliphatic rings. The third kappa shape index (κ3) is 7.79. The van der Waals surface area contributed by atoms with E-state index in [2.05, 4.69) is 47.8 Å². The van der Waals surface area contributed by atoms with E-state index in [4.69, 9.17) is 19.8 Å². The quantitative estimate of drug-likeness (QED) is 0.127. The monoisotopic (exact) mass is 935 g/mol. The number of benzene rings is 5. The summed E-state index contributed by atoms with van der Waals surface area (Å²) in [5.74, 6) is 0. The molecule has 0 saturated carbocycles. The van der Waals surface area contributed by atoms with Crippen LogP contribution in [0.5, 0.6) is 0 Å². The van der Waals surface area contributed by atoms with Gasteiger partial charge in [0.05, 0.1) is 19.2 Å². The van der Waals surface area contributed by atoms with Gasteiger partial charge in [0.25, 0.3) is 0 Å². The molecule has 56 heavy (non-hydrogen) atoms. The molecule has 6 heteroatoms. The van der Waals surface area contributed by atoms with Gasteiger partial charge in [0.15, 0.2) is 0 Å². The summed E-state index contributed by atoms with van der Waals surface area (Å²) in [6.45, 7) is 7.84. The van der Waals surface area contributed by atoms with Crippen molar-refractivity contribution >= 4 is 57.1 Å². The second-order valence-corrected chi connectivity index (χ2v) is 20.9. The Kier molecular flexibility index (Phi) is 8.28. The molecule has 4 nitrogen and oxygen atoms in total. The maximum Gasteiger partial charge on any atom is 0.124 e. The predicted molar refractivity (Wildman–Crippen MR) is 233 cm³/mol. The zero-order valence-corrected chi connectivity index (χ0v) is 35.5. The Labute approximate surface area is 355 Å². The van der Waals surface area contributed by atoms with Gasteiger partial charge in [-0.05, 0) is 75.5 Å². The third-order valence-corrected chi connectivity index (χ3v) is 11.6. The molecule has 4 aromatic heterocycles. The zero-order valence-electron chi connectivity index (χ0n) is 40.1. The van der Waals surface area contributed by atoms with E-state index < -0.39 is 33.6 Å². The van der Waals surface area contributed by atoms with Crippen molar-refractivity contribution in [2.75, 3.05) is 0 Å². The number of nitrogens with zero attached hydrogens (tertiary/aromatic N) is 2. The molecule has 0 aliphatic heterocycles. The molecule has 0 atom stereocenters. The Balaban J connectivity index is 0.000000196. The minimum atomic E-state index is -2.35. The maximum atomic E-state index is 8.61. The summed E-state index contributed by atoms with van der Waals surface area (Å²) in [6, 6.07) is 39.7. The summed E-state index contributed by atoms with van der Waals surface area (Å²) in [5.41, 5.74) is 6.67. The Morgan fingerprint density at radius 1 is 0.768 bits per heavy atom. The van der Waals surface area contributed by atoms with Gasteiger partial charge in [-0.1, -0.05) is 148 Å². The first-order valence-corrected chi connectivity index (χ1v) is 21.8. The van der Waals surface area contributed by atoms with Gasteiger partial charge in [0.1, 0.15) is 11.2 Å². The van der Waals surface area contributed by atoms with Crippen LogP contribution in [0.15, 0.2) is 130 Å². The van der Waals surface area contributed by atoms with Gasteiger partial charge in [-0.15, -0.1) is 35.4 Å². The van der Waals surface area contributed by atoms with Crippen LogP contribution < -0.4 is 5.19 Å². The van der Waals surface area contributed by atoms with Crippen LogP contribution in [0.3, 0.4) is 0 Å².